The van der Waals surface area contributed by atoms with Gasteiger partial charge in [-0.3, -0.25) is 13.9 Å². The Labute approximate surface area is 270 Å². The molecule has 2 amide bonds. The first kappa shape index (κ1) is 32.3. The summed E-state index contributed by atoms with van der Waals surface area (Å²) in [5.74, 6) is -0.778. The van der Waals surface area contributed by atoms with Crippen LogP contribution in [0.4, 0.5) is 5.69 Å². The van der Waals surface area contributed by atoms with Crippen LogP contribution in [0.25, 0.3) is 0 Å². The second kappa shape index (κ2) is 14.8. The number of carbonyl (C=O) groups excluding carboxylic acids is 2. The molecule has 0 spiro atoms. The zero-order chi connectivity index (χ0) is 31.8. The number of hydrogen-bond acceptors (Lipinski definition) is 4. The quantitative estimate of drug-likeness (QED) is 0.190. The van der Waals surface area contributed by atoms with E-state index >= 15 is 0 Å². The van der Waals surface area contributed by atoms with Gasteiger partial charge in [-0.25, -0.2) is 8.42 Å². The Morgan fingerprint density at radius 1 is 0.844 bits per heavy atom. The molecule has 0 aliphatic heterocycles. The fourth-order valence-corrected chi connectivity index (χ4v) is 7.50. The van der Waals surface area contributed by atoms with Crippen molar-refractivity contribution in [1.82, 2.24) is 10.2 Å². The number of halogens is 1. The van der Waals surface area contributed by atoms with Crippen molar-refractivity contribution in [3.05, 3.63) is 131 Å². The van der Waals surface area contributed by atoms with E-state index in [0.29, 0.717) is 21.8 Å². The maximum absolute atomic E-state index is 14.6. The zero-order valence-corrected chi connectivity index (χ0v) is 26.9. The van der Waals surface area contributed by atoms with Gasteiger partial charge >= 0.3 is 0 Å². The van der Waals surface area contributed by atoms with Crippen LogP contribution in [0.15, 0.2) is 114 Å². The molecule has 45 heavy (non-hydrogen) atoms. The summed E-state index contributed by atoms with van der Waals surface area (Å²) in [4.78, 5) is 30.2. The van der Waals surface area contributed by atoms with Crippen molar-refractivity contribution in [3.63, 3.8) is 0 Å². The van der Waals surface area contributed by atoms with Crippen LogP contribution >= 0.6 is 11.6 Å². The topological polar surface area (TPSA) is 86.8 Å². The van der Waals surface area contributed by atoms with Gasteiger partial charge in [-0.2, -0.15) is 0 Å². The summed E-state index contributed by atoms with van der Waals surface area (Å²) in [5.41, 5.74) is 2.63. The zero-order valence-electron chi connectivity index (χ0n) is 25.3. The lowest BCUT2D eigenvalue weighted by molar-refractivity contribution is -0.140. The minimum atomic E-state index is -4.15. The second-order valence-electron chi connectivity index (χ2n) is 11.4. The monoisotopic (exact) mass is 643 g/mol. The van der Waals surface area contributed by atoms with Gasteiger partial charge in [-0.15, -0.1) is 0 Å². The van der Waals surface area contributed by atoms with Gasteiger partial charge in [0.05, 0.1) is 10.6 Å². The molecule has 4 aromatic rings. The van der Waals surface area contributed by atoms with E-state index in [2.05, 4.69) is 5.32 Å². The summed E-state index contributed by atoms with van der Waals surface area (Å²) in [6, 6.07) is 31.0. The highest BCUT2D eigenvalue weighted by Crippen LogP contribution is 2.28. The SMILES string of the molecule is Cc1ccccc1N(CC(=O)N(Cc1ccccc1Cl)C(Cc1ccccc1)C(=O)NC1CCCC1)S(=O)(=O)c1ccccc1. The molecule has 1 aliphatic rings. The van der Waals surface area contributed by atoms with E-state index in [9.17, 15) is 18.0 Å². The van der Waals surface area contributed by atoms with E-state index in [1.807, 2.05) is 61.5 Å². The average molecular weight is 644 g/mol. The number of nitrogens with one attached hydrogen (secondary N) is 1. The fraction of sp³-hybridized carbons (Fsp3) is 0.278. The predicted molar refractivity (Wildman–Crippen MR) is 178 cm³/mol. The number of carbonyl (C=O) groups is 2. The summed E-state index contributed by atoms with van der Waals surface area (Å²) in [6.45, 7) is 1.33. The predicted octanol–water partition coefficient (Wildman–Crippen LogP) is 6.54. The van der Waals surface area contributed by atoms with E-state index in [4.69, 9.17) is 11.6 Å². The van der Waals surface area contributed by atoms with Crippen LogP contribution in [0, 0.1) is 6.92 Å². The van der Waals surface area contributed by atoms with Gasteiger partial charge in [0.25, 0.3) is 10.0 Å². The lowest BCUT2D eigenvalue weighted by Crippen LogP contribution is -2.54. The van der Waals surface area contributed by atoms with Gasteiger partial charge in [-0.05, 0) is 60.7 Å². The molecule has 4 aromatic carbocycles. The number of amides is 2. The molecule has 0 bridgehead atoms. The van der Waals surface area contributed by atoms with E-state index in [0.717, 1.165) is 35.6 Å². The molecule has 5 rings (SSSR count). The third kappa shape index (κ3) is 7.93. The Kier molecular flexibility index (Phi) is 10.6. The smallest absolute Gasteiger partial charge is 0.264 e. The number of sulfonamides is 1. The molecule has 0 saturated heterocycles. The maximum atomic E-state index is 14.6. The van der Waals surface area contributed by atoms with Crippen molar-refractivity contribution in [1.29, 1.82) is 0 Å². The average Bonchev–Trinajstić information content (AvgIpc) is 3.56. The lowest BCUT2D eigenvalue weighted by Gasteiger charge is -2.34. The summed E-state index contributed by atoms with van der Waals surface area (Å²) in [7, 11) is -4.15. The number of aryl methyl sites for hydroxylation is 1. The van der Waals surface area contributed by atoms with Crippen LogP contribution in [0.5, 0.6) is 0 Å². The number of hydrogen-bond donors (Lipinski definition) is 1. The molecule has 1 saturated carbocycles. The van der Waals surface area contributed by atoms with Crippen molar-refractivity contribution in [2.24, 2.45) is 0 Å². The van der Waals surface area contributed by atoms with Gasteiger partial charge in [0.1, 0.15) is 12.6 Å². The van der Waals surface area contributed by atoms with Crippen LogP contribution in [0.3, 0.4) is 0 Å². The Bertz CT molecular complexity index is 1710. The number of benzene rings is 4. The van der Waals surface area contributed by atoms with Crippen molar-refractivity contribution in [2.45, 2.75) is 62.6 Å². The Hall–Kier alpha value is -4.14. The number of nitrogens with zero attached hydrogens (tertiary/aromatic N) is 2. The van der Waals surface area contributed by atoms with Gasteiger partial charge in [-0.1, -0.05) is 109 Å². The first-order chi connectivity index (χ1) is 21.7. The molecule has 234 valence electrons. The van der Waals surface area contributed by atoms with Crippen LogP contribution in [-0.4, -0.2) is 43.8 Å². The Morgan fingerprint density at radius 2 is 1.44 bits per heavy atom. The number of anilines is 1. The van der Waals surface area contributed by atoms with Gasteiger partial charge in [0.2, 0.25) is 11.8 Å². The van der Waals surface area contributed by atoms with Crippen molar-refractivity contribution < 1.29 is 18.0 Å². The minimum Gasteiger partial charge on any atom is -0.352 e. The molecule has 1 aliphatic carbocycles. The highest BCUT2D eigenvalue weighted by molar-refractivity contribution is 7.92. The van der Waals surface area contributed by atoms with E-state index in [1.54, 1.807) is 42.5 Å². The molecule has 1 fully saturated rings. The van der Waals surface area contributed by atoms with E-state index < -0.39 is 28.5 Å². The summed E-state index contributed by atoms with van der Waals surface area (Å²) < 4.78 is 29.4. The standard InChI is InChI=1S/C36H38ClN3O4S/c1-27-14-8-13-23-33(27)40(45(43,44)31-20-6-3-7-21-31)26-35(41)39(25-29-17-9-12-22-32(29)37)34(24-28-15-4-2-5-16-28)36(42)38-30-18-10-11-19-30/h2-9,12-17,20-23,30,34H,10-11,18-19,24-26H2,1H3,(H,38,42). The fourth-order valence-electron chi connectivity index (χ4n) is 5.81. The van der Waals surface area contributed by atoms with Gasteiger partial charge in [0, 0.05) is 24.0 Å². The molecule has 1 atom stereocenters. The summed E-state index contributed by atoms with van der Waals surface area (Å²) in [5, 5.41) is 3.64. The summed E-state index contributed by atoms with van der Waals surface area (Å²) >= 11 is 6.59. The lowest BCUT2D eigenvalue weighted by atomic mass is 10.0. The normalized spacial score (nSPS) is 14.1. The van der Waals surface area contributed by atoms with Gasteiger partial charge < -0.3 is 10.2 Å². The Balaban J connectivity index is 1.57. The van der Waals surface area contributed by atoms with Crippen LogP contribution in [-0.2, 0) is 32.6 Å². The third-order valence-electron chi connectivity index (χ3n) is 8.27. The van der Waals surface area contributed by atoms with Crippen LogP contribution < -0.4 is 9.62 Å². The second-order valence-corrected chi connectivity index (χ2v) is 13.7. The molecular formula is C36H38ClN3O4S. The molecule has 0 aromatic heterocycles. The van der Waals surface area contributed by atoms with Crippen molar-refractivity contribution in [3.8, 4) is 0 Å². The Morgan fingerprint density at radius 3 is 2.11 bits per heavy atom. The highest BCUT2D eigenvalue weighted by Gasteiger charge is 2.36. The molecule has 7 nitrogen and oxygen atoms in total. The molecular weight excluding hydrogens is 606 g/mol. The maximum Gasteiger partial charge on any atom is 0.264 e. The van der Waals surface area contributed by atoms with E-state index in [1.165, 1.54) is 17.0 Å². The molecule has 1 unspecified atom stereocenters. The number of para-hydroxylation sites is 1. The van der Waals surface area contributed by atoms with Gasteiger partial charge in [0.15, 0.2) is 0 Å². The van der Waals surface area contributed by atoms with Crippen LogP contribution in [0.1, 0.15) is 42.4 Å². The largest absolute Gasteiger partial charge is 0.352 e. The first-order valence-corrected chi connectivity index (χ1v) is 17.1. The molecule has 1 N–H and O–H groups in total. The van der Waals surface area contributed by atoms with Crippen LogP contribution in [0.2, 0.25) is 5.02 Å². The van der Waals surface area contributed by atoms with Crippen molar-refractivity contribution in [2.75, 3.05) is 10.8 Å². The molecule has 9 heteroatoms. The molecule has 0 radical (unpaired) electrons. The summed E-state index contributed by atoms with van der Waals surface area (Å²) in [6.07, 6.45) is 4.11. The first-order valence-electron chi connectivity index (χ1n) is 15.2. The number of rotatable bonds is 12. The third-order valence-corrected chi connectivity index (χ3v) is 10.4. The molecule has 0 heterocycles. The van der Waals surface area contributed by atoms with Crippen molar-refractivity contribution >= 4 is 39.1 Å². The minimum absolute atomic E-state index is 0.0289. The highest BCUT2D eigenvalue weighted by atomic mass is 35.5. The van der Waals surface area contributed by atoms with E-state index in [-0.39, 0.29) is 29.8 Å².